The maximum Gasteiger partial charge on any atom is 0.185 e. The number of aromatic nitrogens is 2. The molecule has 7 rings (SSSR count). The van der Waals surface area contributed by atoms with Crippen molar-refractivity contribution in [2.75, 3.05) is 44.9 Å². The van der Waals surface area contributed by atoms with Crippen molar-refractivity contribution in [1.82, 2.24) is 14.5 Å². The van der Waals surface area contributed by atoms with Crippen LogP contribution < -0.4 is 14.4 Å². The molecule has 11 heteroatoms. The van der Waals surface area contributed by atoms with Gasteiger partial charge in [-0.15, -0.1) is 0 Å². The van der Waals surface area contributed by atoms with E-state index in [9.17, 15) is 9.50 Å². The van der Waals surface area contributed by atoms with E-state index in [1.807, 2.05) is 36.4 Å². The highest BCUT2D eigenvalue weighted by atomic mass is 35.5. The van der Waals surface area contributed by atoms with Crippen molar-refractivity contribution in [3.63, 3.8) is 0 Å². The van der Waals surface area contributed by atoms with Crippen LogP contribution in [0.3, 0.4) is 0 Å². The zero-order valence-electron chi connectivity index (χ0n) is 24.8. The molecule has 0 saturated carbocycles. The van der Waals surface area contributed by atoms with E-state index >= 15 is 0 Å². The second-order valence-electron chi connectivity index (χ2n) is 11.7. The highest BCUT2D eigenvalue weighted by molar-refractivity contribution is 6.30. The Morgan fingerprint density at radius 2 is 2.02 bits per heavy atom. The molecule has 2 fully saturated rings. The Kier molecular flexibility index (Phi) is 8.11. The van der Waals surface area contributed by atoms with E-state index in [0.717, 1.165) is 61.8 Å². The second kappa shape index (κ2) is 12.2. The SMILES string of the molecule is COC(O)c1ccc2nc(CN3CCN(c4cccc5c4O[C@@H](c4ccc(Cl)cc4F)CO5)C[C@@H]3C)n(C[C@@H]3CCO3)c2c1. The zero-order chi connectivity index (χ0) is 30.4. The Hall–Kier alpha value is -3.41. The predicted molar refractivity (Wildman–Crippen MR) is 165 cm³/mol. The van der Waals surface area contributed by atoms with Crippen LogP contribution in [0.5, 0.6) is 11.5 Å². The fraction of sp³-hybridized carbons (Fsp3) is 0.424. The number of nitrogens with zero attached hydrogens (tertiary/aromatic N) is 4. The fourth-order valence-corrected chi connectivity index (χ4v) is 6.47. The second-order valence-corrected chi connectivity index (χ2v) is 12.1. The number of ether oxygens (including phenoxy) is 4. The molecule has 0 radical (unpaired) electrons. The third kappa shape index (κ3) is 5.61. The molecule has 1 aromatic heterocycles. The first kappa shape index (κ1) is 29.3. The van der Waals surface area contributed by atoms with Gasteiger partial charge in [0.05, 0.1) is 35.9 Å². The molecular weight excluding hydrogens is 587 g/mol. The summed E-state index contributed by atoms with van der Waals surface area (Å²) < 4.78 is 40.3. The van der Waals surface area contributed by atoms with Crippen molar-refractivity contribution >= 4 is 28.3 Å². The first-order valence-corrected chi connectivity index (χ1v) is 15.4. The fourth-order valence-electron chi connectivity index (χ4n) is 6.31. The molecule has 232 valence electrons. The van der Waals surface area contributed by atoms with Gasteiger partial charge in [0, 0.05) is 55.5 Å². The number of piperazine rings is 1. The average Bonchev–Trinajstić information content (AvgIpc) is 3.34. The molecule has 3 aliphatic rings. The van der Waals surface area contributed by atoms with Crippen LogP contribution in [0.25, 0.3) is 11.0 Å². The van der Waals surface area contributed by atoms with Crippen LogP contribution >= 0.6 is 11.6 Å². The van der Waals surface area contributed by atoms with E-state index in [1.165, 1.54) is 13.2 Å². The van der Waals surface area contributed by atoms with Gasteiger partial charge in [-0.1, -0.05) is 29.8 Å². The van der Waals surface area contributed by atoms with Crippen molar-refractivity contribution in [2.45, 2.75) is 51.0 Å². The minimum atomic E-state index is -0.988. The molecule has 4 aromatic rings. The number of halogens is 2. The maximum atomic E-state index is 14.7. The Balaban J connectivity index is 1.10. The van der Waals surface area contributed by atoms with Crippen molar-refractivity contribution in [2.24, 2.45) is 0 Å². The van der Waals surface area contributed by atoms with Crippen LogP contribution in [-0.4, -0.2) is 71.7 Å². The van der Waals surface area contributed by atoms with E-state index in [-0.39, 0.29) is 18.8 Å². The van der Waals surface area contributed by atoms with Crippen LogP contribution in [-0.2, 0) is 22.6 Å². The first-order chi connectivity index (χ1) is 21.4. The lowest BCUT2D eigenvalue weighted by Gasteiger charge is -2.42. The number of imidazole rings is 1. The number of hydrogen-bond acceptors (Lipinski definition) is 8. The molecule has 1 unspecified atom stereocenters. The quantitative estimate of drug-likeness (QED) is 0.259. The summed E-state index contributed by atoms with van der Waals surface area (Å²) in [4.78, 5) is 9.77. The lowest BCUT2D eigenvalue weighted by atomic mass is 10.1. The molecule has 0 bridgehead atoms. The number of benzene rings is 3. The number of fused-ring (bicyclic) bond motifs is 2. The van der Waals surface area contributed by atoms with Crippen molar-refractivity contribution in [3.05, 3.63) is 82.4 Å². The molecular formula is C33H36ClFN4O5. The normalized spacial score (nSPS) is 22.7. The highest BCUT2D eigenvalue weighted by Gasteiger charge is 2.32. The average molecular weight is 623 g/mol. The number of anilines is 1. The molecule has 3 aliphatic heterocycles. The number of aliphatic hydroxyl groups is 1. The number of rotatable bonds is 8. The van der Waals surface area contributed by atoms with Gasteiger partial charge < -0.3 is 33.5 Å². The molecule has 2 saturated heterocycles. The van der Waals surface area contributed by atoms with Gasteiger partial charge in [0.1, 0.15) is 18.2 Å². The van der Waals surface area contributed by atoms with Crippen LogP contribution in [0.1, 0.15) is 42.7 Å². The molecule has 9 nitrogen and oxygen atoms in total. The largest absolute Gasteiger partial charge is 0.485 e. The summed E-state index contributed by atoms with van der Waals surface area (Å²) in [6.45, 7) is 7.00. The molecule has 3 aromatic carbocycles. The molecule has 4 heterocycles. The van der Waals surface area contributed by atoms with E-state index in [1.54, 1.807) is 12.1 Å². The summed E-state index contributed by atoms with van der Waals surface area (Å²) in [5, 5.41) is 10.6. The Morgan fingerprint density at radius 3 is 2.77 bits per heavy atom. The van der Waals surface area contributed by atoms with Gasteiger partial charge in [-0.2, -0.15) is 0 Å². The monoisotopic (exact) mass is 622 g/mol. The summed E-state index contributed by atoms with van der Waals surface area (Å²) in [7, 11) is 1.49. The van der Waals surface area contributed by atoms with Crippen molar-refractivity contribution in [3.8, 4) is 11.5 Å². The van der Waals surface area contributed by atoms with Crippen LogP contribution in [0, 0.1) is 5.82 Å². The minimum Gasteiger partial charge on any atom is -0.485 e. The predicted octanol–water partition coefficient (Wildman–Crippen LogP) is 5.48. The maximum absolute atomic E-state index is 14.7. The number of aliphatic hydroxyl groups excluding tert-OH is 1. The first-order valence-electron chi connectivity index (χ1n) is 15.1. The van der Waals surface area contributed by atoms with Gasteiger partial charge in [0.15, 0.2) is 23.9 Å². The Labute approximate surface area is 260 Å². The van der Waals surface area contributed by atoms with Gasteiger partial charge in [-0.25, -0.2) is 9.37 Å². The zero-order valence-corrected chi connectivity index (χ0v) is 25.5. The molecule has 0 aliphatic carbocycles. The van der Waals surface area contributed by atoms with Gasteiger partial charge in [0.2, 0.25) is 0 Å². The van der Waals surface area contributed by atoms with E-state index in [0.29, 0.717) is 34.2 Å². The van der Waals surface area contributed by atoms with Crippen molar-refractivity contribution < 1.29 is 28.4 Å². The molecule has 0 amide bonds. The van der Waals surface area contributed by atoms with Crippen LogP contribution in [0.4, 0.5) is 10.1 Å². The number of methoxy groups -OCH3 is 1. The minimum absolute atomic E-state index is 0.160. The number of para-hydroxylation sites is 1. The van der Waals surface area contributed by atoms with Crippen LogP contribution in [0.15, 0.2) is 54.6 Å². The van der Waals surface area contributed by atoms with Gasteiger partial charge in [-0.05, 0) is 49.7 Å². The topological polar surface area (TPSA) is 81.5 Å². The third-order valence-corrected chi connectivity index (χ3v) is 9.14. The summed E-state index contributed by atoms with van der Waals surface area (Å²) >= 11 is 5.98. The van der Waals surface area contributed by atoms with Gasteiger partial charge in [0.25, 0.3) is 0 Å². The highest BCUT2D eigenvalue weighted by Crippen LogP contribution is 2.44. The molecule has 0 spiro atoms. The summed E-state index contributed by atoms with van der Waals surface area (Å²) in [5.74, 6) is 1.86. The smallest absolute Gasteiger partial charge is 0.185 e. The Bertz CT molecular complexity index is 1660. The van der Waals surface area contributed by atoms with E-state index in [2.05, 4.69) is 21.3 Å². The van der Waals surface area contributed by atoms with E-state index < -0.39 is 18.2 Å². The molecule has 4 atom stereocenters. The summed E-state index contributed by atoms with van der Waals surface area (Å²) in [6, 6.07) is 16.5. The van der Waals surface area contributed by atoms with Crippen LogP contribution in [0.2, 0.25) is 5.02 Å². The number of hydrogen-bond donors (Lipinski definition) is 1. The molecule has 44 heavy (non-hydrogen) atoms. The van der Waals surface area contributed by atoms with Gasteiger partial charge in [-0.3, -0.25) is 4.90 Å². The van der Waals surface area contributed by atoms with Crippen molar-refractivity contribution in [1.29, 1.82) is 0 Å². The summed E-state index contributed by atoms with van der Waals surface area (Å²) in [6.07, 6.45) is -0.378. The lowest BCUT2D eigenvalue weighted by Crippen LogP contribution is -2.52. The molecule has 1 N–H and O–H groups in total. The van der Waals surface area contributed by atoms with Gasteiger partial charge >= 0.3 is 0 Å². The summed E-state index contributed by atoms with van der Waals surface area (Å²) in [5.41, 5.74) is 3.91. The van der Waals surface area contributed by atoms with E-state index in [4.69, 9.17) is 35.5 Å². The Morgan fingerprint density at radius 1 is 1.16 bits per heavy atom. The lowest BCUT2D eigenvalue weighted by molar-refractivity contribution is -0.0768. The third-order valence-electron chi connectivity index (χ3n) is 8.91. The standard InChI is InChI=1S/C33H36ClFN4O5/c1-20-16-38(27-4-3-5-29-32(27)44-30(19-43-29)24-8-7-22(34)15-25(24)35)12-11-37(20)18-31-36-26-9-6-21(33(40)41-2)14-28(26)39(31)17-23-10-13-42-23/h3-9,14-15,20,23,30,33,40H,10-13,16-19H2,1-2H3/t20-,23-,30+,33?/m0/s1.